The Morgan fingerprint density at radius 3 is 2.48 bits per heavy atom. The molecule has 0 aliphatic heterocycles. The second-order valence-electron chi connectivity index (χ2n) is 6.04. The first-order chi connectivity index (χ1) is 10.4. The maximum atomic E-state index is 2.58. The van der Waals surface area contributed by atoms with Gasteiger partial charge in [0.25, 0.3) is 0 Å². The fourth-order valence-corrected chi connectivity index (χ4v) is 3.73. The molecule has 1 aromatic heterocycles. The van der Waals surface area contributed by atoms with Crippen molar-refractivity contribution in [3.8, 4) is 0 Å². The average molecular weight is 275 g/mol. The Morgan fingerprint density at radius 2 is 1.57 bits per heavy atom. The Balaban J connectivity index is 1.74. The molecule has 3 aromatic rings. The number of aromatic nitrogens is 1. The molecule has 0 saturated carbocycles. The molecule has 0 N–H and O–H groups in total. The van der Waals surface area contributed by atoms with Gasteiger partial charge in [0.15, 0.2) is 0 Å². The molecule has 0 unspecified atom stereocenters. The molecule has 0 bridgehead atoms. The first kappa shape index (κ1) is 12.7. The number of hydrogen-bond donors (Lipinski definition) is 0. The van der Waals surface area contributed by atoms with Gasteiger partial charge in [-0.1, -0.05) is 48.5 Å². The Bertz CT molecular complexity index is 752. The average Bonchev–Trinajstić information content (AvgIpc) is 2.88. The van der Waals surface area contributed by atoms with E-state index in [-0.39, 0.29) is 0 Å². The number of hydrogen-bond acceptors (Lipinski definition) is 0. The number of aryl methyl sites for hydroxylation is 3. The van der Waals surface area contributed by atoms with Crippen molar-refractivity contribution in [2.45, 2.75) is 38.6 Å². The summed E-state index contributed by atoms with van der Waals surface area (Å²) >= 11 is 0. The normalized spacial score (nSPS) is 14.3. The second-order valence-corrected chi connectivity index (χ2v) is 6.04. The number of para-hydroxylation sites is 1. The topological polar surface area (TPSA) is 4.93 Å². The SMILES string of the molecule is c1ccc(CCn2c3c(c4ccccc42)CCCC3)cc1. The molecule has 1 nitrogen and oxygen atoms in total. The minimum Gasteiger partial charge on any atom is -0.344 e. The molecule has 1 aliphatic rings. The van der Waals surface area contributed by atoms with E-state index in [0.29, 0.717) is 0 Å². The summed E-state index contributed by atoms with van der Waals surface area (Å²) in [6, 6.07) is 19.8. The van der Waals surface area contributed by atoms with Crippen molar-refractivity contribution in [1.82, 2.24) is 4.57 Å². The summed E-state index contributed by atoms with van der Waals surface area (Å²) < 4.78 is 2.58. The molecule has 2 aromatic carbocycles. The molecule has 1 heterocycles. The summed E-state index contributed by atoms with van der Waals surface area (Å²) in [5, 5.41) is 1.49. The molecule has 1 heteroatoms. The van der Waals surface area contributed by atoms with E-state index < -0.39 is 0 Å². The summed E-state index contributed by atoms with van der Waals surface area (Å²) in [5.74, 6) is 0. The lowest BCUT2D eigenvalue weighted by Gasteiger charge is -2.16. The highest BCUT2D eigenvalue weighted by Gasteiger charge is 2.19. The first-order valence-corrected chi connectivity index (χ1v) is 8.06. The van der Waals surface area contributed by atoms with Crippen molar-refractivity contribution in [3.05, 3.63) is 71.4 Å². The van der Waals surface area contributed by atoms with E-state index in [1.54, 1.807) is 11.3 Å². The smallest absolute Gasteiger partial charge is 0.0485 e. The number of nitrogens with zero attached hydrogens (tertiary/aromatic N) is 1. The molecule has 0 spiro atoms. The third-order valence-corrected chi connectivity index (χ3v) is 4.75. The van der Waals surface area contributed by atoms with E-state index in [9.17, 15) is 0 Å². The molecular formula is C20H21N. The number of fused-ring (bicyclic) bond motifs is 3. The maximum absolute atomic E-state index is 2.58. The van der Waals surface area contributed by atoms with Crippen molar-refractivity contribution in [2.75, 3.05) is 0 Å². The van der Waals surface area contributed by atoms with Crippen LogP contribution >= 0.6 is 0 Å². The molecule has 106 valence electrons. The standard InChI is InChI=1S/C20H21N/c1-2-8-16(9-3-1)14-15-21-19-12-6-4-10-17(19)18-11-5-7-13-20(18)21/h1-4,6,8-10,12H,5,7,11,13-15H2. The predicted octanol–water partition coefficient (Wildman–Crippen LogP) is 4.76. The van der Waals surface area contributed by atoms with Gasteiger partial charge in [0, 0.05) is 23.1 Å². The third kappa shape index (κ3) is 2.27. The number of rotatable bonds is 3. The van der Waals surface area contributed by atoms with Crippen LogP contribution in [-0.4, -0.2) is 4.57 Å². The van der Waals surface area contributed by atoms with Crippen LogP contribution in [0.1, 0.15) is 29.7 Å². The van der Waals surface area contributed by atoms with Crippen LogP contribution in [0.2, 0.25) is 0 Å². The van der Waals surface area contributed by atoms with Gasteiger partial charge in [-0.25, -0.2) is 0 Å². The van der Waals surface area contributed by atoms with Crippen molar-refractivity contribution in [2.24, 2.45) is 0 Å². The predicted molar refractivity (Wildman–Crippen MR) is 88.7 cm³/mol. The summed E-state index contributed by atoms with van der Waals surface area (Å²) in [6.45, 7) is 1.10. The van der Waals surface area contributed by atoms with Gasteiger partial charge in [-0.15, -0.1) is 0 Å². The largest absolute Gasteiger partial charge is 0.344 e. The van der Waals surface area contributed by atoms with E-state index in [4.69, 9.17) is 0 Å². The minimum atomic E-state index is 1.10. The zero-order valence-electron chi connectivity index (χ0n) is 12.4. The molecule has 0 saturated heterocycles. The van der Waals surface area contributed by atoms with E-state index in [0.717, 1.165) is 13.0 Å². The fourth-order valence-electron chi connectivity index (χ4n) is 3.73. The van der Waals surface area contributed by atoms with Gasteiger partial charge in [0.2, 0.25) is 0 Å². The van der Waals surface area contributed by atoms with Gasteiger partial charge < -0.3 is 4.57 Å². The van der Waals surface area contributed by atoms with Crippen molar-refractivity contribution >= 4 is 10.9 Å². The second kappa shape index (κ2) is 5.40. The number of benzene rings is 2. The highest BCUT2D eigenvalue weighted by molar-refractivity contribution is 5.85. The van der Waals surface area contributed by atoms with Crippen LogP contribution in [0, 0.1) is 0 Å². The zero-order chi connectivity index (χ0) is 14.1. The Hall–Kier alpha value is -2.02. The molecule has 0 amide bonds. The lowest BCUT2D eigenvalue weighted by molar-refractivity contribution is 0.612. The molecule has 21 heavy (non-hydrogen) atoms. The van der Waals surface area contributed by atoms with Crippen LogP contribution in [0.25, 0.3) is 10.9 Å². The highest BCUT2D eigenvalue weighted by atomic mass is 15.0. The summed E-state index contributed by atoms with van der Waals surface area (Å²) in [6.07, 6.45) is 6.31. The van der Waals surface area contributed by atoms with Crippen LogP contribution in [0.3, 0.4) is 0 Å². The van der Waals surface area contributed by atoms with E-state index in [1.807, 2.05) is 0 Å². The minimum absolute atomic E-state index is 1.10. The van der Waals surface area contributed by atoms with Gasteiger partial charge >= 0.3 is 0 Å². The Labute approximate surface area is 126 Å². The van der Waals surface area contributed by atoms with Gasteiger partial charge in [0.1, 0.15) is 0 Å². The zero-order valence-corrected chi connectivity index (χ0v) is 12.4. The molecular weight excluding hydrogens is 254 g/mol. The molecule has 0 radical (unpaired) electrons. The molecule has 4 rings (SSSR count). The summed E-state index contributed by atoms with van der Waals surface area (Å²) in [5.41, 5.74) is 6.07. The molecule has 1 aliphatic carbocycles. The van der Waals surface area contributed by atoms with Crippen LogP contribution < -0.4 is 0 Å². The highest BCUT2D eigenvalue weighted by Crippen LogP contribution is 2.32. The quantitative estimate of drug-likeness (QED) is 0.649. The van der Waals surface area contributed by atoms with E-state index in [2.05, 4.69) is 59.2 Å². The lowest BCUT2D eigenvalue weighted by atomic mass is 9.95. The lowest BCUT2D eigenvalue weighted by Crippen LogP contribution is -2.09. The fraction of sp³-hybridized carbons (Fsp3) is 0.300. The van der Waals surface area contributed by atoms with Crippen LogP contribution in [-0.2, 0) is 25.8 Å². The van der Waals surface area contributed by atoms with Gasteiger partial charge in [-0.2, -0.15) is 0 Å². The summed E-state index contributed by atoms with van der Waals surface area (Å²) in [4.78, 5) is 0. The van der Waals surface area contributed by atoms with E-state index in [1.165, 1.54) is 42.1 Å². The van der Waals surface area contributed by atoms with Crippen LogP contribution in [0.4, 0.5) is 0 Å². The van der Waals surface area contributed by atoms with Crippen molar-refractivity contribution < 1.29 is 0 Å². The monoisotopic (exact) mass is 275 g/mol. The summed E-state index contributed by atoms with van der Waals surface area (Å²) in [7, 11) is 0. The maximum Gasteiger partial charge on any atom is 0.0485 e. The third-order valence-electron chi connectivity index (χ3n) is 4.75. The van der Waals surface area contributed by atoms with Crippen molar-refractivity contribution in [3.63, 3.8) is 0 Å². The van der Waals surface area contributed by atoms with Gasteiger partial charge in [-0.3, -0.25) is 0 Å². The first-order valence-electron chi connectivity index (χ1n) is 8.06. The van der Waals surface area contributed by atoms with Gasteiger partial charge in [0.05, 0.1) is 0 Å². The van der Waals surface area contributed by atoms with Crippen LogP contribution in [0.5, 0.6) is 0 Å². The van der Waals surface area contributed by atoms with Crippen molar-refractivity contribution in [1.29, 1.82) is 0 Å². The van der Waals surface area contributed by atoms with Crippen LogP contribution in [0.15, 0.2) is 54.6 Å². The van der Waals surface area contributed by atoms with E-state index >= 15 is 0 Å². The Kier molecular flexibility index (Phi) is 3.27. The molecule has 0 fully saturated rings. The molecule has 0 atom stereocenters. The van der Waals surface area contributed by atoms with Gasteiger partial charge in [-0.05, 0) is 49.3 Å². The Morgan fingerprint density at radius 1 is 0.810 bits per heavy atom.